The number of hydrogen-bond acceptors (Lipinski definition) is 6. The lowest BCUT2D eigenvalue weighted by Gasteiger charge is -1.97. The molecule has 2 aromatic heterocycles. The van der Waals surface area contributed by atoms with Gasteiger partial charge in [0, 0.05) is 5.38 Å². The number of carbonyl (C=O) groups is 1. The van der Waals surface area contributed by atoms with Gasteiger partial charge in [0.1, 0.15) is 4.88 Å². The molecule has 6 heteroatoms. The molecule has 0 fully saturated rings. The van der Waals surface area contributed by atoms with Crippen LogP contribution in [0.2, 0.25) is 0 Å². The molecule has 2 heterocycles. The lowest BCUT2D eigenvalue weighted by atomic mass is 10.1. The lowest BCUT2D eigenvalue weighted by molar-refractivity contribution is 0.0995. The number of rotatable bonds is 5. The SMILES string of the molecule is CCCc1nnsc1C(=O)Cc1csc(C)n1. The zero-order valence-corrected chi connectivity index (χ0v) is 11.4. The summed E-state index contributed by atoms with van der Waals surface area (Å²) in [6, 6.07) is 0. The first-order valence-electron chi connectivity index (χ1n) is 5.46. The normalized spacial score (nSPS) is 10.7. The van der Waals surface area contributed by atoms with Gasteiger partial charge in [-0.25, -0.2) is 4.98 Å². The van der Waals surface area contributed by atoms with Gasteiger partial charge in [0.15, 0.2) is 5.78 Å². The van der Waals surface area contributed by atoms with E-state index in [0.717, 1.165) is 29.2 Å². The van der Waals surface area contributed by atoms with Crippen LogP contribution >= 0.6 is 22.9 Å². The Balaban J connectivity index is 2.11. The molecular formula is C11H13N3OS2. The van der Waals surface area contributed by atoms with E-state index in [4.69, 9.17) is 0 Å². The Hall–Kier alpha value is -1.14. The molecule has 90 valence electrons. The van der Waals surface area contributed by atoms with E-state index in [1.54, 1.807) is 11.3 Å². The van der Waals surface area contributed by atoms with E-state index in [2.05, 4.69) is 21.5 Å². The van der Waals surface area contributed by atoms with Crippen LogP contribution in [0.1, 0.15) is 39.4 Å². The van der Waals surface area contributed by atoms with Gasteiger partial charge >= 0.3 is 0 Å². The van der Waals surface area contributed by atoms with Crippen LogP contribution in [0.3, 0.4) is 0 Å². The van der Waals surface area contributed by atoms with Gasteiger partial charge in [0.05, 0.1) is 22.8 Å². The van der Waals surface area contributed by atoms with E-state index in [1.807, 2.05) is 12.3 Å². The minimum absolute atomic E-state index is 0.0775. The Kier molecular flexibility index (Phi) is 3.96. The smallest absolute Gasteiger partial charge is 0.182 e. The molecule has 2 rings (SSSR count). The number of hydrogen-bond donors (Lipinski definition) is 0. The molecule has 0 aromatic carbocycles. The van der Waals surface area contributed by atoms with Crippen molar-refractivity contribution in [3.63, 3.8) is 0 Å². The molecule has 0 aliphatic heterocycles. The topological polar surface area (TPSA) is 55.7 Å². The predicted octanol–water partition coefficient (Wildman–Crippen LogP) is 2.68. The quantitative estimate of drug-likeness (QED) is 0.782. The number of ketones is 1. The zero-order chi connectivity index (χ0) is 12.3. The summed E-state index contributed by atoms with van der Waals surface area (Å²) in [5, 5.41) is 6.93. The monoisotopic (exact) mass is 267 g/mol. The maximum atomic E-state index is 12.1. The van der Waals surface area contributed by atoms with E-state index in [1.165, 1.54) is 11.5 Å². The third kappa shape index (κ3) is 2.95. The van der Waals surface area contributed by atoms with E-state index in [0.29, 0.717) is 11.3 Å². The molecule has 0 N–H and O–H groups in total. The van der Waals surface area contributed by atoms with Gasteiger partial charge in [0.25, 0.3) is 0 Å². The number of aromatic nitrogens is 3. The maximum Gasteiger partial charge on any atom is 0.182 e. The molecule has 2 aromatic rings. The fourth-order valence-electron chi connectivity index (χ4n) is 1.56. The molecule has 0 atom stereocenters. The molecule has 0 aliphatic carbocycles. The Bertz CT molecular complexity index is 518. The number of aryl methyl sites for hydroxylation is 2. The summed E-state index contributed by atoms with van der Waals surface area (Å²) < 4.78 is 3.86. The highest BCUT2D eigenvalue weighted by atomic mass is 32.1. The van der Waals surface area contributed by atoms with E-state index in [9.17, 15) is 4.79 Å². The second-order valence-corrected chi connectivity index (χ2v) is 5.57. The van der Waals surface area contributed by atoms with E-state index in [-0.39, 0.29) is 5.78 Å². The lowest BCUT2D eigenvalue weighted by Crippen LogP contribution is -2.05. The Morgan fingerprint density at radius 2 is 2.29 bits per heavy atom. The Morgan fingerprint density at radius 3 is 2.94 bits per heavy atom. The highest BCUT2D eigenvalue weighted by Crippen LogP contribution is 2.17. The largest absolute Gasteiger partial charge is 0.293 e. The van der Waals surface area contributed by atoms with E-state index < -0.39 is 0 Å². The van der Waals surface area contributed by atoms with Gasteiger partial charge < -0.3 is 0 Å². The maximum absolute atomic E-state index is 12.1. The van der Waals surface area contributed by atoms with Crippen molar-refractivity contribution in [2.75, 3.05) is 0 Å². The highest BCUT2D eigenvalue weighted by molar-refractivity contribution is 7.09. The molecule has 0 amide bonds. The second kappa shape index (κ2) is 5.46. The number of thiazole rings is 1. The minimum atomic E-state index is 0.0775. The third-order valence-corrected chi connectivity index (χ3v) is 3.94. The molecule has 4 nitrogen and oxygen atoms in total. The molecular weight excluding hydrogens is 254 g/mol. The van der Waals surface area contributed by atoms with Crippen molar-refractivity contribution in [1.29, 1.82) is 0 Å². The first kappa shape index (κ1) is 12.3. The van der Waals surface area contributed by atoms with Gasteiger partial charge in [-0.05, 0) is 24.9 Å². The Morgan fingerprint density at radius 1 is 1.47 bits per heavy atom. The molecule has 0 saturated carbocycles. The average molecular weight is 267 g/mol. The minimum Gasteiger partial charge on any atom is -0.293 e. The fourth-order valence-corrected chi connectivity index (χ4v) is 2.81. The molecule has 0 spiro atoms. The van der Waals surface area contributed by atoms with Crippen molar-refractivity contribution in [2.24, 2.45) is 0 Å². The van der Waals surface area contributed by atoms with Crippen molar-refractivity contribution in [3.05, 3.63) is 26.7 Å². The van der Waals surface area contributed by atoms with Gasteiger partial charge in [-0.3, -0.25) is 4.79 Å². The molecule has 17 heavy (non-hydrogen) atoms. The summed E-state index contributed by atoms with van der Waals surface area (Å²) in [6.45, 7) is 4.01. The first-order chi connectivity index (χ1) is 8.20. The molecule has 0 aliphatic rings. The van der Waals surface area contributed by atoms with Crippen LogP contribution in [0.4, 0.5) is 0 Å². The van der Waals surface area contributed by atoms with Gasteiger partial charge in [-0.15, -0.1) is 16.4 Å². The third-order valence-electron chi connectivity index (χ3n) is 2.30. The zero-order valence-electron chi connectivity index (χ0n) is 9.77. The van der Waals surface area contributed by atoms with Crippen molar-refractivity contribution in [3.8, 4) is 0 Å². The van der Waals surface area contributed by atoms with Crippen molar-refractivity contribution < 1.29 is 4.79 Å². The molecule has 0 saturated heterocycles. The molecule has 0 radical (unpaired) electrons. The van der Waals surface area contributed by atoms with Crippen molar-refractivity contribution in [1.82, 2.24) is 14.6 Å². The second-order valence-electron chi connectivity index (χ2n) is 3.76. The van der Waals surface area contributed by atoms with Crippen LogP contribution < -0.4 is 0 Å². The molecule has 0 unspecified atom stereocenters. The molecule has 0 bridgehead atoms. The van der Waals surface area contributed by atoms with Crippen LogP contribution in [0, 0.1) is 6.92 Å². The fraction of sp³-hybridized carbons (Fsp3) is 0.455. The van der Waals surface area contributed by atoms with Crippen LogP contribution in [-0.2, 0) is 12.8 Å². The van der Waals surface area contributed by atoms with E-state index >= 15 is 0 Å². The Labute approximate surface area is 108 Å². The summed E-state index contributed by atoms with van der Waals surface area (Å²) in [7, 11) is 0. The summed E-state index contributed by atoms with van der Waals surface area (Å²) >= 11 is 2.76. The van der Waals surface area contributed by atoms with Gasteiger partial charge in [-0.2, -0.15) is 0 Å². The average Bonchev–Trinajstić information content (AvgIpc) is 2.88. The van der Waals surface area contributed by atoms with Crippen LogP contribution in [-0.4, -0.2) is 20.4 Å². The van der Waals surface area contributed by atoms with Crippen LogP contribution in [0.5, 0.6) is 0 Å². The van der Waals surface area contributed by atoms with Crippen LogP contribution in [0.25, 0.3) is 0 Å². The predicted molar refractivity (Wildman–Crippen MR) is 68.8 cm³/mol. The summed E-state index contributed by atoms with van der Waals surface area (Å²) in [5.74, 6) is 0.0775. The number of Topliss-reactive ketones (excluding diaryl/α,β-unsaturated/α-hetero) is 1. The van der Waals surface area contributed by atoms with Gasteiger partial charge in [-0.1, -0.05) is 17.8 Å². The number of nitrogens with zero attached hydrogens (tertiary/aromatic N) is 3. The van der Waals surface area contributed by atoms with Crippen molar-refractivity contribution >= 4 is 28.7 Å². The first-order valence-corrected chi connectivity index (χ1v) is 7.11. The standard InChI is InChI=1S/C11H13N3OS2/c1-3-4-9-11(17-14-13-9)10(15)5-8-6-16-7(2)12-8/h6H,3-5H2,1-2H3. The number of carbonyl (C=O) groups excluding carboxylic acids is 1. The van der Waals surface area contributed by atoms with Crippen LogP contribution in [0.15, 0.2) is 5.38 Å². The van der Waals surface area contributed by atoms with Gasteiger partial charge in [0.2, 0.25) is 0 Å². The highest BCUT2D eigenvalue weighted by Gasteiger charge is 2.16. The summed E-state index contributed by atoms with van der Waals surface area (Å²) in [4.78, 5) is 17.1. The van der Waals surface area contributed by atoms with Crippen molar-refractivity contribution in [2.45, 2.75) is 33.1 Å². The summed E-state index contributed by atoms with van der Waals surface area (Å²) in [6.07, 6.45) is 2.14. The summed E-state index contributed by atoms with van der Waals surface area (Å²) in [5.41, 5.74) is 1.67.